The molecule has 2 rings (SSSR count). The molecule has 18 heavy (non-hydrogen) atoms. The van der Waals surface area contributed by atoms with Crippen LogP contribution in [0.1, 0.15) is 65.7 Å². The predicted octanol–water partition coefficient (Wildman–Crippen LogP) is 3.42. The molecule has 1 saturated carbocycles. The Labute approximate surface area is 114 Å². The first-order valence-corrected chi connectivity index (χ1v) is 8.20. The second kappa shape index (κ2) is 6.91. The maximum Gasteiger partial charge on any atom is 0.0121 e. The first kappa shape index (κ1) is 14.3. The molecular weight excluding hydrogens is 220 g/mol. The van der Waals surface area contributed by atoms with Crippen LogP contribution in [-0.4, -0.2) is 36.1 Å². The third-order valence-corrected chi connectivity index (χ3v) is 5.16. The highest BCUT2D eigenvalue weighted by Crippen LogP contribution is 2.29. The van der Waals surface area contributed by atoms with Crippen molar-refractivity contribution >= 4 is 0 Å². The normalized spacial score (nSPS) is 40.2. The standard InChI is InChI=1S/C16H32N2/c1-4-15-10-12-18(11-9-14(3)17-15)16-8-6-5-7-13(16)2/h13-17H,4-12H2,1-3H3. The van der Waals surface area contributed by atoms with E-state index in [-0.39, 0.29) is 0 Å². The lowest BCUT2D eigenvalue weighted by atomic mass is 9.84. The summed E-state index contributed by atoms with van der Waals surface area (Å²) in [7, 11) is 0. The minimum atomic E-state index is 0.691. The van der Waals surface area contributed by atoms with Crippen molar-refractivity contribution in [1.82, 2.24) is 10.2 Å². The predicted molar refractivity (Wildman–Crippen MR) is 78.9 cm³/mol. The van der Waals surface area contributed by atoms with E-state index in [9.17, 15) is 0 Å². The summed E-state index contributed by atoms with van der Waals surface area (Å²) in [5.41, 5.74) is 0. The molecule has 106 valence electrons. The third kappa shape index (κ3) is 3.71. The van der Waals surface area contributed by atoms with Crippen molar-refractivity contribution in [3.63, 3.8) is 0 Å². The summed E-state index contributed by atoms with van der Waals surface area (Å²) in [4.78, 5) is 2.82. The van der Waals surface area contributed by atoms with Gasteiger partial charge in [-0.2, -0.15) is 0 Å². The van der Waals surface area contributed by atoms with Gasteiger partial charge in [-0.3, -0.25) is 0 Å². The smallest absolute Gasteiger partial charge is 0.0121 e. The highest BCUT2D eigenvalue weighted by Gasteiger charge is 2.28. The minimum Gasteiger partial charge on any atom is -0.311 e. The van der Waals surface area contributed by atoms with Gasteiger partial charge in [-0.25, -0.2) is 0 Å². The van der Waals surface area contributed by atoms with Crippen molar-refractivity contribution in [2.24, 2.45) is 5.92 Å². The Hall–Kier alpha value is -0.0800. The highest BCUT2D eigenvalue weighted by molar-refractivity contribution is 4.85. The Morgan fingerprint density at radius 1 is 1.00 bits per heavy atom. The molecule has 2 nitrogen and oxygen atoms in total. The molecule has 1 N–H and O–H groups in total. The van der Waals surface area contributed by atoms with Gasteiger partial charge >= 0.3 is 0 Å². The van der Waals surface area contributed by atoms with Crippen LogP contribution < -0.4 is 5.32 Å². The largest absolute Gasteiger partial charge is 0.311 e. The Balaban J connectivity index is 1.94. The summed E-state index contributed by atoms with van der Waals surface area (Å²) >= 11 is 0. The van der Waals surface area contributed by atoms with Crippen molar-refractivity contribution in [2.75, 3.05) is 13.1 Å². The number of hydrogen-bond acceptors (Lipinski definition) is 2. The maximum absolute atomic E-state index is 3.78. The van der Waals surface area contributed by atoms with Gasteiger partial charge in [0.25, 0.3) is 0 Å². The van der Waals surface area contributed by atoms with Gasteiger partial charge in [-0.05, 0) is 58.0 Å². The Bertz CT molecular complexity index is 241. The molecule has 1 saturated heterocycles. The molecule has 1 aliphatic carbocycles. The summed E-state index contributed by atoms with van der Waals surface area (Å²) in [6, 6.07) is 2.31. The molecule has 4 atom stereocenters. The average Bonchev–Trinajstić information content (AvgIpc) is 2.36. The van der Waals surface area contributed by atoms with E-state index in [1.54, 1.807) is 0 Å². The first-order chi connectivity index (χ1) is 8.70. The number of rotatable bonds is 2. The van der Waals surface area contributed by atoms with Gasteiger partial charge in [0, 0.05) is 18.1 Å². The SMILES string of the molecule is CCC1CCN(C2CCCCC2C)CCC(C)N1. The van der Waals surface area contributed by atoms with Crippen LogP contribution in [0.3, 0.4) is 0 Å². The molecule has 0 bridgehead atoms. The lowest BCUT2D eigenvalue weighted by Crippen LogP contribution is -2.49. The van der Waals surface area contributed by atoms with Crippen molar-refractivity contribution in [1.29, 1.82) is 0 Å². The van der Waals surface area contributed by atoms with Gasteiger partial charge in [0.2, 0.25) is 0 Å². The molecule has 0 amide bonds. The summed E-state index contributed by atoms with van der Waals surface area (Å²) < 4.78 is 0. The van der Waals surface area contributed by atoms with Crippen LogP contribution in [0.25, 0.3) is 0 Å². The molecule has 0 radical (unpaired) electrons. The van der Waals surface area contributed by atoms with Gasteiger partial charge in [0.05, 0.1) is 0 Å². The molecule has 0 spiro atoms. The minimum absolute atomic E-state index is 0.691. The lowest BCUT2D eigenvalue weighted by molar-refractivity contribution is 0.0928. The van der Waals surface area contributed by atoms with E-state index in [0.29, 0.717) is 6.04 Å². The lowest BCUT2D eigenvalue weighted by Gasteiger charge is -2.41. The monoisotopic (exact) mass is 252 g/mol. The van der Waals surface area contributed by atoms with E-state index in [2.05, 4.69) is 31.0 Å². The zero-order chi connectivity index (χ0) is 13.0. The Kier molecular flexibility index (Phi) is 5.50. The van der Waals surface area contributed by atoms with E-state index in [1.807, 2.05) is 0 Å². The first-order valence-electron chi connectivity index (χ1n) is 8.20. The van der Waals surface area contributed by atoms with Gasteiger partial charge in [-0.1, -0.05) is 26.7 Å². The third-order valence-electron chi connectivity index (χ3n) is 5.16. The quantitative estimate of drug-likeness (QED) is 0.810. The van der Waals surface area contributed by atoms with E-state index in [4.69, 9.17) is 0 Å². The van der Waals surface area contributed by atoms with Crippen molar-refractivity contribution in [2.45, 2.75) is 83.8 Å². The van der Waals surface area contributed by atoms with Gasteiger partial charge < -0.3 is 10.2 Å². The second-order valence-corrected chi connectivity index (χ2v) is 6.62. The zero-order valence-corrected chi connectivity index (χ0v) is 12.6. The number of hydrogen-bond donors (Lipinski definition) is 1. The number of nitrogens with zero attached hydrogens (tertiary/aromatic N) is 1. The van der Waals surface area contributed by atoms with Gasteiger partial charge in [0.15, 0.2) is 0 Å². The average molecular weight is 252 g/mol. The van der Waals surface area contributed by atoms with Gasteiger partial charge in [0.1, 0.15) is 0 Å². The van der Waals surface area contributed by atoms with Crippen molar-refractivity contribution in [3.05, 3.63) is 0 Å². The fourth-order valence-corrected chi connectivity index (χ4v) is 3.85. The second-order valence-electron chi connectivity index (χ2n) is 6.62. The van der Waals surface area contributed by atoms with Gasteiger partial charge in [-0.15, -0.1) is 0 Å². The van der Waals surface area contributed by atoms with E-state index in [0.717, 1.165) is 18.0 Å². The highest BCUT2D eigenvalue weighted by atomic mass is 15.2. The zero-order valence-electron chi connectivity index (χ0n) is 12.6. The van der Waals surface area contributed by atoms with Crippen LogP contribution in [-0.2, 0) is 0 Å². The van der Waals surface area contributed by atoms with Crippen LogP contribution in [0.2, 0.25) is 0 Å². The van der Waals surface area contributed by atoms with Crippen molar-refractivity contribution < 1.29 is 0 Å². The van der Waals surface area contributed by atoms with Crippen LogP contribution >= 0.6 is 0 Å². The van der Waals surface area contributed by atoms with E-state index in [1.165, 1.54) is 58.0 Å². The molecule has 2 fully saturated rings. The van der Waals surface area contributed by atoms with E-state index < -0.39 is 0 Å². The molecule has 2 heteroatoms. The van der Waals surface area contributed by atoms with Crippen molar-refractivity contribution in [3.8, 4) is 0 Å². The van der Waals surface area contributed by atoms with Crippen LogP contribution in [0.4, 0.5) is 0 Å². The summed E-state index contributed by atoms with van der Waals surface area (Å²) in [5, 5.41) is 3.78. The molecule has 0 aromatic carbocycles. The summed E-state index contributed by atoms with van der Waals surface area (Å²) in [6.07, 6.45) is 9.74. The van der Waals surface area contributed by atoms with Crippen LogP contribution in [0, 0.1) is 5.92 Å². The molecule has 1 aliphatic heterocycles. The van der Waals surface area contributed by atoms with Crippen LogP contribution in [0.15, 0.2) is 0 Å². The summed E-state index contributed by atoms with van der Waals surface area (Å²) in [6.45, 7) is 9.77. The number of nitrogens with one attached hydrogen (secondary N) is 1. The van der Waals surface area contributed by atoms with Crippen LogP contribution in [0.5, 0.6) is 0 Å². The fraction of sp³-hybridized carbons (Fsp3) is 1.00. The fourth-order valence-electron chi connectivity index (χ4n) is 3.85. The molecule has 2 aliphatic rings. The topological polar surface area (TPSA) is 15.3 Å². The molecular formula is C16H32N2. The summed E-state index contributed by atoms with van der Waals surface area (Å²) in [5.74, 6) is 0.918. The Morgan fingerprint density at radius 2 is 1.72 bits per heavy atom. The molecule has 4 unspecified atom stereocenters. The molecule has 0 aromatic rings. The molecule has 1 heterocycles. The van der Waals surface area contributed by atoms with E-state index >= 15 is 0 Å². The molecule has 0 aromatic heterocycles. The Morgan fingerprint density at radius 3 is 2.44 bits per heavy atom. The maximum atomic E-state index is 3.78.